The second kappa shape index (κ2) is 5.23. The molecule has 0 aliphatic carbocycles. The Bertz CT molecular complexity index is 333. The lowest BCUT2D eigenvalue weighted by Crippen LogP contribution is -2.45. The highest BCUT2D eigenvalue weighted by Crippen LogP contribution is 2.10. The van der Waals surface area contributed by atoms with E-state index in [2.05, 4.69) is 32.1 Å². The highest BCUT2D eigenvalue weighted by Gasteiger charge is 2.16. The van der Waals surface area contributed by atoms with E-state index in [1.165, 1.54) is 0 Å². The fourth-order valence-electron chi connectivity index (χ4n) is 1.82. The quantitative estimate of drug-likeness (QED) is 0.775. The molecular formula is C11H19N5. The number of aromatic nitrogens is 2. The Kier molecular flexibility index (Phi) is 3.69. The van der Waals surface area contributed by atoms with Crippen LogP contribution in [-0.2, 0) is 6.54 Å². The van der Waals surface area contributed by atoms with Gasteiger partial charge in [0, 0.05) is 38.9 Å². The van der Waals surface area contributed by atoms with Crippen LogP contribution in [0.3, 0.4) is 0 Å². The third-order valence-corrected chi connectivity index (χ3v) is 2.84. The molecule has 1 aliphatic rings. The minimum Gasteiger partial charge on any atom is -0.338 e. The van der Waals surface area contributed by atoms with Gasteiger partial charge in [-0.25, -0.2) is 9.97 Å². The molecule has 1 saturated heterocycles. The molecule has 0 aromatic carbocycles. The van der Waals surface area contributed by atoms with E-state index in [0.29, 0.717) is 0 Å². The summed E-state index contributed by atoms with van der Waals surface area (Å²) in [4.78, 5) is 13.5. The second-order valence-electron chi connectivity index (χ2n) is 4.17. The van der Waals surface area contributed by atoms with Crippen molar-refractivity contribution >= 4 is 5.95 Å². The summed E-state index contributed by atoms with van der Waals surface area (Å²) < 4.78 is 0. The van der Waals surface area contributed by atoms with E-state index >= 15 is 0 Å². The van der Waals surface area contributed by atoms with Gasteiger partial charge < -0.3 is 15.1 Å². The molecule has 88 valence electrons. The highest BCUT2D eigenvalue weighted by molar-refractivity contribution is 5.31. The van der Waals surface area contributed by atoms with Crippen molar-refractivity contribution in [2.45, 2.75) is 6.54 Å². The third-order valence-electron chi connectivity index (χ3n) is 2.84. The first-order valence-corrected chi connectivity index (χ1v) is 5.69. The van der Waals surface area contributed by atoms with Gasteiger partial charge in [0.15, 0.2) is 0 Å². The Balaban J connectivity index is 2.05. The van der Waals surface area contributed by atoms with Crippen molar-refractivity contribution in [3.8, 4) is 0 Å². The van der Waals surface area contributed by atoms with Crippen molar-refractivity contribution < 1.29 is 0 Å². The smallest absolute Gasteiger partial charge is 0.225 e. The zero-order valence-corrected chi connectivity index (χ0v) is 9.98. The number of nitrogens with one attached hydrogen (secondary N) is 1. The first kappa shape index (κ1) is 11.3. The Morgan fingerprint density at radius 1 is 1.31 bits per heavy atom. The Morgan fingerprint density at radius 2 is 2.06 bits per heavy atom. The molecule has 0 bridgehead atoms. The maximum atomic E-state index is 4.54. The van der Waals surface area contributed by atoms with Crippen LogP contribution in [0.1, 0.15) is 5.69 Å². The molecule has 16 heavy (non-hydrogen) atoms. The van der Waals surface area contributed by atoms with E-state index in [9.17, 15) is 0 Å². The van der Waals surface area contributed by atoms with Crippen LogP contribution in [0.2, 0.25) is 0 Å². The van der Waals surface area contributed by atoms with Crippen molar-refractivity contribution in [3.63, 3.8) is 0 Å². The minimum absolute atomic E-state index is 0.795. The lowest BCUT2D eigenvalue weighted by molar-refractivity contribution is 0.311. The molecule has 0 unspecified atom stereocenters. The van der Waals surface area contributed by atoms with E-state index in [1.807, 2.05) is 19.3 Å². The average molecular weight is 221 g/mol. The summed E-state index contributed by atoms with van der Waals surface area (Å²) in [5.74, 6) is 0.862. The first-order chi connectivity index (χ1) is 7.79. The van der Waals surface area contributed by atoms with Crippen LogP contribution in [0.25, 0.3) is 0 Å². The number of piperazine rings is 1. The Hall–Kier alpha value is -1.20. The largest absolute Gasteiger partial charge is 0.338 e. The van der Waals surface area contributed by atoms with Gasteiger partial charge >= 0.3 is 0 Å². The van der Waals surface area contributed by atoms with Gasteiger partial charge in [0.05, 0.1) is 5.69 Å². The van der Waals surface area contributed by atoms with Gasteiger partial charge in [-0.1, -0.05) is 0 Å². The molecule has 5 heteroatoms. The molecular weight excluding hydrogens is 202 g/mol. The van der Waals surface area contributed by atoms with E-state index in [4.69, 9.17) is 0 Å². The number of hydrogen-bond donors (Lipinski definition) is 1. The molecule has 2 rings (SSSR count). The zero-order chi connectivity index (χ0) is 11.4. The van der Waals surface area contributed by atoms with Crippen molar-refractivity contribution in [2.75, 3.05) is 45.2 Å². The lowest BCUT2D eigenvalue weighted by Gasteiger charge is -2.32. The molecule has 1 aliphatic heterocycles. The van der Waals surface area contributed by atoms with Crippen LogP contribution in [0.4, 0.5) is 5.95 Å². The molecule has 0 saturated carbocycles. The summed E-state index contributed by atoms with van der Waals surface area (Å²) in [6, 6.07) is 1.95. The fourth-order valence-corrected chi connectivity index (χ4v) is 1.82. The van der Waals surface area contributed by atoms with Gasteiger partial charge in [0.1, 0.15) is 0 Å². The van der Waals surface area contributed by atoms with Crippen LogP contribution < -0.4 is 10.2 Å². The number of rotatable bonds is 3. The number of anilines is 1. The Morgan fingerprint density at radius 3 is 2.75 bits per heavy atom. The third kappa shape index (κ3) is 2.68. The van der Waals surface area contributed by atoms with E-state index in [-0.39, 0.29) is 0 Å². The SMILES string of the molecule is CNCc1ccnc(N2CCN(C)CC2)n1. The normalized spacial score (nSPS) is 17.8. The summed E-state index contributed by atoms with van der Waals surface area (Å²) in [5, 5.41) is 3.10. The van der Waals surface area contributed by atoms with Crippen LogP contribution in [0.15, 0.2) is 12.3 Å². The van der Waals surface area contributed by atoms with Gasteiger partial charge in [0.25, 0.3) is 0 Å². The van der Waals surface area contributed by atoms with Crippen LogP contribution in [0, 0.1) is 0 Å². The van der Waals surface area contributed by atoms with Gasteiger partial charge in [-0.2, -0.15) is 0 Å². The molecule has 1 fully saturated rings. The lowest BCUT2D eigenvalue weighted by atomic mass is 10.3. The molecule has 5 nitrogen and oxygen atoms in total. The second-order valence-corrected chi connectivity index (χ2v) is 4.17. The standard InChI is InChI=1S/C11H19N5/c1-12-9-10-3-4-13-11(14-10)16-7-5-15(2)6-8-16/h3-4,12H,5-9H2,1-2H3. The fraction of sp³-hybridized carbons (Fsp3) is 0.636. The van der Waals surface area contributed by atoms with Gasteiger partial charge in [-0.15, -0.1) is 0 Å². The number of nitrogens with zero attached hydrogens (tertiary/aromatic N) is 4. The van der Waals surface area contributed by atoms with Crippen LogP contribution in [0.5, 0.6) is 0 Å². The highest BCUT2D eigenvalue weighted by atomic mass is 15.3. The summed E-state index contributed by atoms with van der Waals surface area (Å²) in [7, 11) is 4.08. The maximum absolute atomic E-state index is 4.54. The molecule has 0 radical (unpaired) electrons. The predicted molar refractivity (Wildman–Crippen MR) is 64.5 cm³/mol. The van der Waals surface area contributed by atoms with E-state index in [1.54, 1.807) is 0 Å². The van der Waals surface area contributed by atoms with Gasteiger partial charge in [-0.3, -0.25) is 0 Å². The molecule has 0 amide bonds. The topological polar surface area (TPSA) is 44.3 Å². The van der Waals surface area contributed by atoms with Crippen molar-refractivity contribution in [3.05, 3.63) is 18.0 Å². The number of likely N-dealkylation sites (N-methyl/N-ethyl adjacent to an activating group) is 1. The minimum atomic E-state index is 0.795. The summed E-state index contributed by atoms with van der Waals surface area (Å²) in [6.45, 7) is 4.99. The van der Waals surface area contributed by atoms with Gasteiger partial charge in [0.2, 0.25) is 5.95 Å². The molecule has 0 atom stereocenters. The number of hydrogen-bond acceptors (Lipinski definition) is 5. The van der Waals surface area contributed by atoms with Crippen LogP contribution >= 0.6 is 0 Å². The predicted octanol–water partition coefficient (Wildman–Crippen LogP) is -0.0522. The average Bonchev–Trinajstić information content (AvgIpc) is 2.31. The summed E-state index contributed by atoms with van der Waals surface area (Å²) in [6.07, 6.45) is 1.84. The Labute approximate surface area is 96.5 Å². The van der Waals surface area contributed by atoms with Crippen molar-refractivity contribution in [2.24, 2.45) is 0 Å². The monoisotopic (exact) mass is 221 g/mol. The van der Waals surface area contributed by atoms with E-state index < -0.39 is 0 Å². The molecule has 1 N–H and O–H groups in total. The van der Waals surface area contributed by atoms with Gasteiger partial charge in [-0.05, 0) is 20.2 Å². The molecule has 2 heterocycles. The van der Waals surface area contributed by atoms with Crippen LogP contribution in [-0.4, -0.2) is 55.1 Å². The summed E-state index contributed by atoms with van der Waals surface area (Å²) in [5.41, 5.74) is 1.05. The maximum Gasteiger partial charge on any atom is 0.225 e. The molecule has 1 aromatic rings. The van der Waals surface area contributed by atoms with Crippen molar-refractivity contribution in [1.29, 1.82) is 0 Å². The van der Waals surface area contributed by atoms with Crippen molar-refractivity contribution in [1.82, 2.24) is 20.2 Å². The first-order valence-electron chi connectivity index (χ1n) is 5.69. The molecule has 0 spiro atoms. The summed E-state index contributed by atoms with van der Waals surface area (Å²) >= 11 is 0. The zero-order valence-electron chi connectivity index (χ0n) is 9.98. The molecule has 1 aromatic heterocycles. The van der Waals surface area contributed by atoms with E-state index in [0.717, 1.165) is 44.4 Å².